The number of aryl methyl sites for hydroxylation is 3. The van der Waals surface area contributed by atoms with Crippen LogP contribution in [0.3, 0.4) is 0 Å². The number of carbonyl (C=O) groups excluding carboxylic acids is 1. The van der Waals surface area contributed by atoms with Crippen molar-refractivity contribution in [1.82, 2.24) is 19.7 Å². The summed E-state index contributed by atoms with van der Waals surface area (Å²) in [5.41, 5.74) is 8.07. The van der Waals surface area contributed by atoms with Crippen LogP contribution in [0.4, 0.5) is 5.82 Å². The van der Waals surface area contributed by atoms with Crippen molar-refractivity contribution in [1.29, 1.82) is 0 Å². The Morgan fingerprint density at radius 2 is 1.89 bits per heavy atom. The standard InChI is InChI=1S/C20H28N6O/c1-13-12-16(18(21)27)20(22-14(13)2)25-10-7-15(8-11-25)19-24-23-17-6-4-3-5-9-26(17)19/h12,15H,3-11H2,1-2H3,(H2,21,27). The monoisotopic (exact) mass is 368 g/mol. The number of primary amides is 1. The van der Waals surface area contributed by atoms with Crippen molar-refractivity contribution in [2.24, 2.45) is 5.73 Å². The number of nitrogens with zero attached hydrogens (tertiary/aromatic N) is 5. The van der Waals surface area contributed by atoms with Crippen molar-refractivity contribution in [2.75, 3.05) is 18.0 Å². The first-order valence-corrected chi connectivity index (χ1v) is 9.99. The second kappa shape index (κ2) is 7.29. The largest absolute Gasteiger partial charge is 0.365 e. The van der Waals surface area contributed by atoms with E-state index in [0.29, 0.717) is 11.5 Å². The van der Waals surface area contributed by atoms with Gasteiger partial charge in [0.2, 0.25) is 0 Å². The van der Waals surface area contributed by atoms with Crippen molar-refractivity contribution in [3.63, 3.8) is 0 Å². The maximum atomic E-state index is 11.9. The van der Waals surface area contributed by atoms with Crippen LogP contribution in [0.2, 0.25) is 0 Å². The fourth-order valence-corrected chi connectivity index (χ4v) is 4.27. The highest BCUT2D eigenvalue weighted by Crippen LogP contribution is 2.32. The van der Waals surface area contributed by atoms with E-state index < -0.39 is 5.91 Å². The molecule has 0 saturated carbocycles. The summed E-state index contributed by atoms with van der Waals surface area (Å²) < 4.78 is 2.36. The van der Waals surface area contributed by atoms with E-state index >= 15 is 0 Å². The van der Waals surface area contributed by atoms with Crippen LogP contribution in [0.25, 0.3) is 0 Å². The molecule has 4 rings (SSSR count). The van der Waals surface area contributed by atoms with Gasteiger partial charge in [0, 0.05) is 37.7 Å². The van der Waals surface area contributed by atoms with Crippen LogP contribution < -0.4 is 10.6 Å². The van der Waals surface area contributed by atoms with Crippen molar-refractivity contribution in [3.05, 3.63) is 34.5 Å². The van der Waals surface area contributed by atoms with Gasteiger partial charge in [0.1, 0.15) is 17.5 Å². The van der Waals surface area contributed by atoms with E-state index in [1.54, 1.807) is 0 Å². The lowest BCUT2D eigenvalue weighted by Crippen LogP contribution is -2.36. The molecule has 7 nitrogen and oxygen atoms in total. The molecule has 2 aliphatic rings. The van der Waals surface area contributed by atoms with Crippen LogP contribution >= 0.6 is 0 Å². The van der Waals surface area contributed by atoms with Crippen molar-refractivity contribution in [2.45, 2.75) is 64.8 Å². The summed E-state index contributed by atoms with van der Waals surface area (Å²) >= 11 is 0. The molecule has 0 spiro atoms. The van der Waals surface area contributed by atoms with Crippen LogP contribution in [0.1, 0.15) is 71.3 Å². The van der Waals surface area contributed by atoms with Gasteiger partial charge in [0.25, 0.3) is 5.91 Å². The molecule has 0 aromatic carbocycles. The van der Waals surface area contributed by atoms with Crippen LogP contribution in [0.15, 0.2) is 6.07 Å². The summed E-state index contributed by atoms with van der Waals surface area (Å²) in [7, 11) is 0. The number of fused-ring (bicyclic) bond motifs is 1. The maximum Gasteiger partial charge on any atom is 0.252 e. The first kappa shape index (κ1) is 17.9. The van der Waals surface area contributed by atoms with Crippen LogP contribution in [0, 0.1) is 13.8 Å². The summed E-state index contributed by atoms with van der Waals surface area (Å²) in [5, 5.41) is 8.99. The number of rotatable bonds is 3. The summed E-state index contributed by atoms with van der Waals surface area (Å²) in [5.74, 6) is 3.03. The summed E-state index contributed by atoms with van der Waals surface area (Å²) in [6.07, 6.45) is 6.72. The van der Waals surface area contributed by atoms with Gasteiger partial charge in [-0.1, -0.05) is 6.42 Å². The number of aromatic nitrogens is 4. The van der Waals surface area contributed by atoms with Gasteiger partial charge in [0.05, 0.1) is 5.56 Å². The zero-order chi connectivity index (χ0) is 19.0. The Labute approximate surface area is 160 Å². The topological polar surface area (TPSA) is 89.9 Å². The number of pyridine rings is 1. The van der Waals surface area contributed by atoms with Crippen LogP contribution in [0.5, 0.6) is 0 Å². The second-order valence-corrected chi connectivity index (χ2v) is 7.82. The molecule has 4 heterocycles. The fourth-order valence-electron chi connectivity index (χ4n) is 4.27. The number of carbonyl (C=O) groups is 1. The van der Waals surface area contributed by atoms with Gasteiger partial charge in [-0.2, -0.15) is 0 Å². The molecule has 0 atom stereocenters. The minimum atomic E-state index is -0.412. The van der Waals surface area contributed by atoms with E-state index in [4.69, 9.17) is 5.73 Å². The zero-order valence-electron chi connectivity index (χ0n) is 16.2. The maximum absolute atomic E-state index is 11.9. The quantitative estimate of drug-likeness (QED) is 0.899. The third kappa shape index (κ3) is 3.42. The Morgan fingerprint density at radius 1 is 1.11 bits per heavy atom. The molecule has 0 unspecified atom stereocenters. The van der Waals surface area contributed by atoms with Gasteiger partial charge in [-0.15, -0.1) is 10.2 Å². The molecule has 7 heteroatoms. The smallest absolute Gasteiger partial charge is 0.252 e. The van der Waals surface area contributed by atoms with E-state index in [1.165, 1.54) is 19.3 Å². The predicted molar refractivity (Wildman–Crippen MR) is 104 cm³/mol. The molecule has 2 aliphatic heterocycles. The average molecular weight is 368 g/mol. The normalized spacial score (nSPS) is 18.2. The lowest BCUT2D eigenvalue weighted by molar-refractivity contribution is 0.1000. The molecular formula is C20H28N6O. The lowest BCUT2D eigenvalue weighted by Gasteiger charge is -2.33. The molecule has 1 fully saturated rings. The molecule has 2 aromatic heterocycles. The molecule has 0 bridgehead atoms. The SMILES string of the molecule is Cc1cc(C(N)=O)c(N2CCC(c3nnc4n3CCCCC4)CC2)nc1C. The number of hydrogen-bond donors (Lipinski definition) is 1. The fraction of sp³-hybridized carbons (Fsp3) is 0.600. The minimum absolute atomic E-state index is 0.412. The van der Waals surface area contributed by atoms with Gasteiger partial charge in [0.15, 0.2) is 0 Å². The Balaban J connectivity index is 1.53. The van der Waals surface area contributed by atoms with E-state index in [-0.39, 0.29) is 0 Å². The Kier molecular flexibility index (Phi) is 4.85. The summed E-state index contributed by atoms with van der Waals surface area (Å²) in [6.45, 7) is 6.68. The summed E-state index contributed by atoms with van der Waals surface area (Å²) in [4.78, 5) is 18.8. The highest BCUT2D eigenvalue weighted by atomic mass is 16.1. The van der Waals surface area contributed by atoms with Crippen molar-refractivity contribution < 1.29 is 4.79 Å². The molecule has 0 aliphatic carbocycles. The van der Waals surface area contributed by atoms with Gasteiger partial charge in [-0.25, -0.2) is 4.98 Å². The number of nitrogens with two attached hydrogens (primary N) is 1. The number of piperidine rings is 1. The van der Waals surface area contributed by atoms with Gasteiger partial charge >= 0.3 is 0 Å². The predicted octanol–water partition coefficient (Wildman–Crippen LogP) is 2.50. The molecule has 2 aromatic rings. The van der Waals surface area contributed by atoms with E-state index in [1.807, 2.05) is 19.9 Å². The van der Waals surface area contributed by atoms with E-state index in [0.717, 1.165) is 67.6 Å². The summed E-state index contributed by atoms with van der Waals surface area (Å²) in [6, 6.07) is 1.87. The van der Waals surface area contributed by atoms with Crippen LogP contribution in [-0.2, 0) is 13.0 Å². The Morgan fingerprint density at radius 3 is 2.63 bits per heavy atom. The van der Waals surface area contributed by atoms with Gasteiger partial charge in [-0.05, 0) is 51.2 Å². The van der Waals surface area contributed by atoms with Gasteiger partial charge < -0.3 is 15.2 Å². The number of amides is 1. The molecule has 1 amide bonds. The number of anilines is 1. The molecule has 0 radical (unpaired) electrons. The highest BCUT2D eigenvalue weighted by Gasteiger charge is 2.28. The Hall–Kier alpha value is -2.44. The molecule has 27 heavy (non-hydrogen) atoms. The van der Waals surface area contributed by atoms with Crippen molar-refractivity contribution in [3.8, 4) is 0 Å². The second-order valence-electron chi connectivity index (χ2n) is 7.82. The zero-order valence-corrected chi connectivity index (χ0v) is 16.2. The van der Waals surface area contributed by atoms with Crippen LogP contribution in [-0.4, -0.2) is 38.7 Å². The van der Waals surface area contributed by atoms with E-state index in [2.05, 4.69) is 24.6 Å². The average Bonchev–Trinajstić information content (AvgIpc) is 2.92. The first-order chi connectivity index (χ1) is 13.0. The Bertz CT molecular complexity index is 850. The lowest BCUT2D eigenvalue weighted by atomic mass is 9.95. The van der Waals surface area contributed by atoms with Gasteiger partial charge in [-0.3, -0.25) is 4.79 Å². The minimum Gasteiger partial charge on any atom is -0.365 e. The highest BCUT2D eigenvalue weighted by molar-refractivity contribution is 5.98. The number of hydrogen-bond acceptors (Lipinski definition) is 5. The molecule has 1 saturated heterocycles. The third-order valence-corrected chi connectivity index (χ3v) is 6.01. The molecular weight excluding hydrogens is 340 g/mol. The first-order valence-electron chi connectivity index (χ1n) is 9.99. The van der Waals surface area contributed by atoms with Crippen molar-refractivity contribution >= 4 is 11.7 Å². The molecule has 144 valence electrons. The molecule has 2 N–H and O–H groups in total. The third-order valence-electron chi connectivity index (χ3n) is 6.01. The van der Waals surface area contributed by atoms with E-state index in [9.17, 15) is 4.79 Å².